The Hall–Kier alpha value is -1.29. The van der Waals surface area contributed by atoms with Gasteiger partial charge in [0.1, 0.15) is 5.75 Å². The third-order valence-corrected chi connectivity index (χ3v) is 3.79. The van der Waals surface area contributed by atoms with Gasteiger partial charge in [-0.3, -0.25) is 4.98 Å². The van der Waals surface area contributed by atoms with Gasteiger partial charge < -0.3 is 10.1 Å². The normalized spacial score (nSPS) is 12.2. The molecular formula is C16H18Cl2N2O. The molecule has 0 aliphatic rings. The van der Waals surface area contributed by atoms with E-state index in [2.05, 4.69) is 17.2 Å². The summed E-state index contributed by atoms with van der Waals surface area (Å²) < 4.78 is 5.41. The van der Waals surface area contributed by atoms with Crippen molar-refractivity contribution < 1.29 is 4.74 Å². The Morgan fingerprint density at radius 3 is 2.76 bits per heavy atom. The second-order valence-corrected chi connectivity index (χ2v) is 5.48. The van der Waals surface area contributed by atoms with Crippen molar-refractivity contribution in [2.75, 3.05) is 13.7 Å². The van der Waals surface area contributed by atoms with Crippen LogP contribution in [-0.4, -0.2) is 18.6 Å². The number of aromatic nitrogens is 1. The SMILES string of the molecule is CCNC(Cc1cc(Cl)ccc1OC)c1ncccc1Cl. The summed E-state index contributed by atoms with van der Waals surface area (Å²) in [5.41, 5.74) is 1.86. The first-order chi connectivity index (χ1) is 10.2. The van der Waals surface area contributed by atoms with Gasteiger partial charge in [0.15, 0.2) is 0 Å². The van der Waals surface area contributed by atoms with Crippen molar-refractivity contribution in [1.29, 1.82) is 0 Å². The van der Waals surface area contributed by atoms with E-state index in [9.17, 15) is 0 Å². The quantitative estimate of drug-likeness (QED) is 0.860. The number of hydrogen-bond acceptors (Lipinski definition) is 3. The Bertz CT molecular complexity index is 605. The average molecular weight is 325 g/mol. The lowest BCUT2D eigenvalue weighted by molar-refractivity contribution is 0.405. The van der Waals surface area contributed by atoms with Crippen LogP contribution >= 0.6 is 23.2 Å². The van der Waals surface area contributed by atoms with Crippen molar-refractivity contribution in [1.82, 2.24) is 10.3 Å². The molecule has 5 heteroatoms. The lowest BCUT2D eigenvalue weighted by atomic mass is 10.0. The van der Waals surface area contributed by atoms with Crippen molar-refractivity contribution in [3.63, 3.8) is 0 Å². The fourth-order valence-electron chi connectivity index (χ4n) is 2.29. The molecule has 0 radical (unpaired) electrons. The predicted octanol–water partition coefficient (Wildman–Crippen LogP) is 4.29. The van der Waals surface area contributed by atoms with E-state index in [1.807, 2.05) is 30.3 Å². The summed E-state index contributed by atoms with van der Waals surface area (Å²) in [4.78, 5) is 4.40. The first-order valence-electron chi connectivity index (χ1n) is 6.82. The van der Waals surface area contributed by atoms with Gasteiger partial charge in [0.2, 0.25) is 0 Å². The molecule has 1 unspecified atom stereocenters. The zero-order chi connectivity index (χ0) is 15.2. The van der Waals surface area contributed by atoms with Gasteiger partial charge in [-0.2, -0.15) is 0 Å². The number of benzene rings is 1. The van der Waals surface area contributed by atoms with Crippen molar-refractivity contribution >= 4 is 23.2 Å². The van der Waals surface area contributed by atoms with Crippen LogP contribution in [0.1, 0.15) is 24.2 Å². The van der Waals surface area contributed by atoms with Gasteiger partial charge >= 0.3 is 0 Å². The molecule has 2 aromatic rings. The van der Waals surface area contributed by atoms with Crippen molar-refractivity contribution in [2.24, 2.45) is 0 Å². The summed E-state index contributed by atoms with van der Waals surface area (Å²) in [5, 5.41) is 4.76. The van der Waals surface area contributed by atoms with E-state index in [1.165, 1.54) is 0 Å². The molecule has 2 rings (SSSR count). The number of halogens is 2. The van der Waals surface area contributed by atoms with Gasteiger partial charge in [-0.1, -0.05) is 30.1 Å². The van der Waals surface area contributed by atoms with E-state index in [4.69, 9.17) is 27.9 Å². The Morgan fingerprint density at radius 1 is 1.29 bits per heavy atom. The van der Waals surface area contributed by atoms with Crippen molar-refractivity contribution in [3.8, 4) is 5.75 Å². The number of likely N-dealkylation sites (N-methyl/N-ethyl adjacent to an activating group) is 1. The lowest BCUT2D eigenvalue weighted by Gasteiger charge is -2.20. The van der Waals surface area contributed by atoms with Crippen LogP contribution in [0.5, 0.6) is 5.75 Å². The second-order valence-electron chi connectivity index (χ2n) is 4.64. The van der Waals surface area contributed by atoms with Crippen LogP contribution < -0.4 is 10.1 Å². The lowest BCUT2D eigenvalue weighted by Crippen LogP contribution is -2.24. The average Bonchev–Trinajstić information content (AvgIpc) is 2.48. The largest absolute Gasteiger partial charge is 0.496 e. The maximum Gasteiger partial charge on any atom is 0.122 e. The molecule has 0 amide bonds. The first-order valence-corrected chi connectivity index (χ1v) is 7.57. The Labute approximate surface area is 135 Å². The molecule has 1 aromatic heterocycles. The van der Waals surface area contributed by atoms with Crippen molar-refractivity contribution in [3.05, 3.63) is 57.8 Å². The summed E-state index contributed by atoms with van der Waals surface area (Å²) in [5.74, 6) is 0.814. The molecule has 112 valence electrons. The summed E-state index contributed by atoms with van der Waals surface area (Å²) in [6.45, 7) is 2.87. The van der Waals surface area contributed by atoms with Gasteiger partial charge in [-0.25, -0.2) is 0 Å². The highest BCUT2D eigenvalue weighted by molar-refractivity contribution is 6.31. The molecule has 0 spiro atoms. The van der Waals surface area contributed by atoms with Gasteiger partial charge in [0, 0.05) is 11.2 Å². The minimum absolute atomic E-state index is 0.0102. The molecule has 1 aromatic carbocycles. The first kappa shape index (κ1) is 16.1. The highest BCUT2D eigenvalue weighted by Crippen LogP contribution is 2.29. The van der Waals surface area contributed by atoms with Crippen LogP contribution in [0.2, 0.25) is 10.0 Å². The number of pyridine rings is 1. The molecule has 1 N–H and O–H groups in total. The smallest absolute Gasteiger partial charge is 0.122 e. The molecule has 0 saturated carbocycles. The molecule has 0 aliphatic heterocycles. The van der Waals surface area contributed by atoms with E-state index in [0.29, 0.717) is 16.5 Å². The van der Waals surface area contributed by atoms with E-state index >= 15 is 0 Å². The second kappa shape index (κ2) is 7.64. The maximum atomic E-state index is 6.27. The zero-order valence-corrected chi connectivity index (χ0v) is 13.6. The van der Waals surface area contributed by atoms with Gasteiger partial charge in [-0.05, 0) is 48.9 Å². The maximum absolute atomic E-state index is 6.27. The minimum Gasteiger partial charge on any atom is -0.496 e. The molecule has 0 saturated heterocycles. The highest BCUT2D eigenvalue weighted by Gasteiger charge is 2.18. The van der Waals surface area contributed by atoms with Crippen LogP contribution in [0.25, 0.3) is 0 Å². The number of hydrogen-bond donors (Lipinski definition) is 1. The van der Waals surface area contributed by atoms with Crippen LogP contribution in [0.4, 0.5) is 0 Å². The predicted molar refractivity (Wildman–Crippen MR) is 87.4 cm³/mol. The monoisotopic (exact) mass is 324 g/mol. The molecule has 1 heterocycles. The molecule has 0 bridgehead atoms. The molecule has 3 nitrogen and oxygen atoms in total. The Morgan fingerprint density at radius 2 is 2.10 bits per heavy atom. The molecular weight excluding hydrogens is 307 g/mol. The summed E-state index contributed by atoms with van der Waals surface area (Å²) >= 11 is 12.4. The van der Waals surface area contributed by atoms with E-state index in [0.717, 1.165) is 23.6 Å². The van der Waals surface area contributed by atoms with Crippen LogP contribution in [0, 0.1) is 0 Å². The standard InChI is InChI=1S/C16H18Cl2N2O/c1-3-19-14(16-13(18)5-4-8-20-16)10-11-9-12(17)6-7-15(11)21-2/h4-9,14,19H,3,10H2,1-2H3. The summed E-state index contributed by atoms with van der Waals surface area (Å²) in [7, 11) is 1.66. The number of ether oxygens (including phenoxy) is 1. The van der Waals surface area contributed by atoms with E-state index in [1.54, 1.807) is 13.3 Å². The summed E-state index contributed by atoms with van der Waals surface area (Å²) in [6.07, 6.45) is 2.45. The third-order valence-electron chi connectivity index (χ3n) is 3.23. The van der Waals surface area contributed by atoms with Crippen molar-refractivity contribution in [2.45, 2.75) is 19.4 Å². The van der Waals surface area contributed by atoms with Gasteiger partial charge in [0.25, 0.3) is 0 Å². The topological polar surface area (TPSA) is 34.1 Å². The van der Waals surface area contributed by atoms with E-state index in [-0.39, 0.29) is 6.04 Å². The Kier molecular flexibility index (Phi) is 5.85. The zero-order valence-electron chi connectivity index (χ0n) is 12.1. The van der Waals surface area contributed by atoms with Crippen LogP contribution in [0.3, 0.4) is 0 Å². The van der Waals surface area contributed by atoms with Gasteiger partial charge in [-0.15, -0.1) is 0 Å². The fraction of sp³-hybridized carbons (Fsp3) is 0.312. The summed E-state index contributed by atoms with van der Waals surface area (Å²) in [6, 6.07) is 9.30. The Balaban J connectivity index is 2.33. The number of methoxy groups -OCH3 is 1. The third kappa shape index (κ3) is 4.10. The van der Waals surface area contributed by atoms with Gasteiger partial charge in [0.05, 0.1) is 23.9 Å². The highest BCUT2D eigenvalue weighted by atomic mass is 35.5. The minimum atomic E-state index is 0.0102. The molecule has 0 aliphatic carbocycles. The molecule has 0 fully saturated rings. The van der Waals surface area contributed by atoms with Crippen LogP contribution in [0.15, 0.2) is 36.5 Å². The molecule has 21 heavy (non-hydrogen) atoms. The van der Waals surface area contributed by atoms with Crippen LogP contribution in [-0.2, 0) is 6.42 Å². The fourth-order valence-corrected chi connectivity index (χ4v) is 2.74. The number of nitrogens with one attached hydrogen (secondary N) is 1. The van der Waals surface area contributed by atoms with E-state index < -0.39 is 0 Å². The molecule has 1 atom stereocenters. The number of nitrogens with zero attached hydrogens (tertiary/aromatic N) is 1. The number of rotatable bonds is 6.